The Hall–Kier alpha value is -1.07. The molecule has 2 bridgehead atoms. The van der Waals surface area contributed by atoms with Gasteiger partial charge in [0.15, 0.2) is 0 Å². The largest absolute Gasteiger partial charge is 0.307 e. The van der Waals surface area contributed by atoms with Gasteiger partial charge in [-0.05, 0) is 48.6 Å². The first-order chi connectivity index (χ1) is 10.3. The molecule has 3 heterocycles. The SMILES string of the molecule is O=c1[nH]c2c(s1)[C@@H](c1cccnc1)[C@H]1[C@@H]3CC[C@@H](C3)[C@H]1S2. The molecule has 0 saturated heterocycles. The summed E-state index contributed by atoms with van der Waals surface area (Å²) >= 11 is 3.35. The number of hydrogen-bond donors (Lipinski definition) is 1. The van der Waals surface area contributed by atoms with Crippen molar-refractivity contribution >= 4 is 23.1 Å². The highest BCUT2D eigenvalue weighted by Gasteiger charge is 2.54. The fourth-order valence-corrected chi connectivity index (χ4v) is 7.68. The Bertz CT molecular complexity index is 738. The Balaban J connectivity index is 1.70. The van der Waals surface area contributed by atoms with Crippen LogP contribution in [0.5, 0.6) is 0 Å². The molecule has 2 fully saturated rings. The van der Waals surface area contributed by atoms with E-state index in [1.165, 1.54) is 41.0 Å². The minimum Gasteiger partial charge on any atom is -0.307 e. The highest BCUT2D eigenvalue weighted by atomic mass is 32.2. The second kappa shape index (κ2) is 4.46. The van der Waals surface area contributed by atoms with Crippen LogP contribution >= 0.6 is 23.1 Å². The van der Waals surface area contributed by atoms with Crippen molar-refractivity contribution in [3.05, 3.63) is 44.6 Å². The van der Waals surface area contributed by atoms with Crippen molar-refractivity contribution in [2.75, 3.05) is 0 Å². The van der Waals surface area contributed by atoms with Gasteiger partial charge in [-0.15, -0.1) is 11.8 Å². The van der Waals surface area contributed by atoms with Gasteiger partial charge in [0, 0.05) is 28.4 Å². The molecule has 108 valence electrons. The molecule has 21 heavy (non-hydrogen) atoms. The van der Waals surface area contributed by atoms with Crippen molar-refractivity contribution in [3.8, 4) is 0 Å². The predicted molar refractivity (Wildman–Crippen MR) is 85.0 cm³/mol. The summed E-state index contributed by atoms with van der Waals surface area (Å²) in [5.41, 5.74) is 1.29. The number of nitrogens with zero attached hydrogens (tertiary/aromatic N) is 1. The van der Waals surface area contributed by atoms with Gasteiger partial charge in [0.1, 0.15) is 0 Å². The van der Waals surface area contributed by atoms with E-state index in [9.17, 15) is 4.79 Å². The average Bonchev–Trinajstić information content (AvgIpc) is 3.18. The van der Waals surface area contributed by atoms with E-state index in [4.69, 9.17) is 0 Å². The van der Waals surface area contributed by atoms with E-state index in [2.05, 4.69) is 16.0 Å². The number of rotatable bonds is 1. The Morgan fingerprint density at radius 3 is 3.05 bits per heavy atom. The molecule has 0 spiro atoms. The Morgan fingerprint density at radius 1 is 1.29 bits per heavy atom. The van der Waals surface area contributed by atoms with E-state index in [1.807, 2.05) is 30.2 Å². The number of thiazole rings is 1. The lowest BCUT2D eigenvalue weighted by molar-refractivity contribution is 0.307. The molecule has 2 aromatic rings. The monoisotopic (exact) mass is 316 g/mol. The molecule has 1 N–H and O–H groups in total. The molecule has 0 aromatic carbocycles. The first kappa shape index (κ1) is 12.5. The third-order valence-corrected chi connectivity index (χ3v) is 8.13. The lowest BCUT2D eigenvalue weighted by Crippen LogP contribution is -2.33. The molecule has 5 atom stereocenters. The fourth-order valence-electron chi connectivity index (χ4n) is 4.78. The number of hydrogen-bond acceptors (Lipinski definition) is 4. The van der Waals surface area contributed by atoms with Crippen molar-refractivity contribution in [2.24, 2.45) is 17.8 Å². The van der Waals surface area contributed by atoms with Crippen LogP contribution in [0.3, 0.4) is 0 Å². The van der Waals surface area contributed by atoms with Gasteiger partial charge in [0.2, 0.25) is 0 Å². The molecule has 1 aliphatic heterocycles. The summed E-state index contributed by atoms with van der Waals surface area (Å²) in [5.74, 6) is 2.75. The van der Waals surface area contributed by atoms with E-state index in [0.29, 0.717) is 17.1 Å². The van der Waals surface area contributed by atoms with Gasteiger partial charge in [0.25, 0.3) is 0 Å². The van der Waals surface area contributed by atoms with Crippen molar-refractivity contribution in [1.29, 1.82) is 0 Å². The van der Waals surface area contributed by atoms with Crippen LogP contribution < -0.4 is 4.87 Å². The van der Waals surface area contributed by atoms with Crippen LogP contribution in [0.2, 0.25) is 0 Å². The van der Waals surface area contributed by atoms with Crippen LogP contribution in [-0.2, 0) is 0 Å². The number of nitrogens with one attached hydrogen (secondary N) is 1. The summed E-state index contributed by atoms with van der Waals surface area (Å²) in [6.07, 6.45) is 7.97. The number of pyridine rings is 1. The van der Waals surface area contributed by atoms with E-state index < -0.39 is 0 Å². The number of thioether (sulfide) groups is 1. The van der Waals surface area contributed by atoms with Crippen LogP contribution in [-0.4, -0.2) is 15.2 Å². The Morgan fingerprint density at radius 2 is 2.19 bits per heavy atom. The molecule has 5 rings (SSSR count). The molecule has 3 nitrogen and oxygen atoms in total. The van der Waals surface area contributed by atoms with Gasteiger partial charge >= 0.3 is 4.87 Å². The van der Waals surface area contributed by atoms with Crippen molar-refractivity contribution in [3.63, 3.8) is 0 Å². The third kappa shape index (κ3) is 1.73. The highest BCUT2D eigenvalue weighted by molar-refractivity contribution is 8.00. The molecule has 0 unspecified atom stereocenters. The summed E-state index contributed by atoms with van der Waals surface area (Å²) in [4.78, 5) is 20.6. The van der Waals surface area contributed by atoms with Crippen LogP contribution in [0.15, 0.2) is 34.3 Å². The summed E-state index contributed by atoms with van der Waals surface area (Å²) in [6.45, 7) is 0. The number of aromatic amines is 1. The van der Waals surface area contributed by atoms with E-state index in [0.717, 1.165) is 16.9 Å². The van der Waals surface area contributed by atoms with Gasteiger partial charge < -0.3 is 4.98 Å². The van der Waals surface area contributed by atoms with Crippen LogP contribution in [0.1, 0.15) is 35.6 Å². The summed E-state index contributed by atoms with van der Waals surface area (Å²) in [7, 11) is 0. The number of H-pyrrole nitrogens is 1. The Labute approximate surface area is 131 Å². The van der Waals surface area contributed by atoms with E-state index in [-0.39, 0.29) is 4.87 Å². The van der Waals surface area contributed by atoms with Crippen LogP contribution in [0, 0.1) is 17.8 Å². The smallest absolute Gasteiger partial charge is 0.305 e. The van der Waals surface area contributed by atoms with Gasteiger partial charge in [-0.1, -0.05) is 17.4 Å². The lowest BCUT2D eigenvalue weighted by atomic mass is 9.75. The second-order valence-corrected chi connectivity index (χ2v) is 8.67. The van der Waals surface area contributed by atoms with Crippen molar-refractivity contribution in [2.45, 2.75) is 35.5 Å². The third-order valence-electron chi connectivity index (χ3n) is 5.51. The molecular weight excluding hydrogens is 300 g/mol. The summed E-state index contributed by atoms with van der Waals surface area (Å²) < 4.78 is 0. The summed E-state index contributed by atoms with van der Waals surface area (Å²) in [6, 6.07) is 4.21. The maximum Gasteiger partial charge on any atom is 0.305 e. The standard InChI is InChI=1S/C16H16N2OS2/c19-16-18-15-14(21-16)12(10-2-1-5-17-7-10)11-8-3-4-9(6-8)13(11)20-15/h1-2,5,7-9,11-13H,3-4,6H2,(H,18,19)/t8-,9+,11-,12+,13-/m1/s1. The molecule has 2 saturated carbocycles. The molecule has 5 heteroatoms. The van der Waals surface area contributed by atoms with Crippen LogP contribution in [0.4, 0.5) is 0 Å². The first-order valence-electron chi connectivity index (χ1n) is 7.61. The Kier molecular flexibility index (Phi) is 2.65. The zero-order valence-corrected chi connectivity index (χ0v) is 13.1. The highest BCUT2D eigenvalue weighted by Crippen LogP contribution is 2.63. The average molecular weight is 316 g/mol. The number of aromatic nitrogens is 2. The summed E-state index contributed by atoms with van der Waals surface area (Å²) in [5, 5.41) is 1.82. The minimum absolute atomic E-state index is 0.0914. The predicted octanol–water partition coefficient (Wildman–Crippen LogP) is 3.48. The van der Waals surface area contributed by atoms with Gasteiger partial charge in [-0.3, -0.25) is 9.78 Å². The van der Waals surface area contributed by atoms with E-state index in [1.54, 1.807) is 0 Å². The quantitative estimate of drug-likeness (QED) is 0.876. The van der Waals surface area contributed by atoms with Crippen molar-refractivity contribution in [1.82, 2.24) is 9.97 Å². The maximum absolute atomic E-state index is 11.9. The van der Waals surface area contributed by atoms with Gasteiger partial charge in [-0.2, -0.15) is 0 Å². The lowest BCUT2D eigenvalue weighted by Gasteiger charge is -2.40. The first-order valence-corrected chi connectivity index (χ1v) is 9.30. The van der Waals surface area contributed by atoms with E-state index >= 15 is 0 Å². The second-order valence-electron chi connectivity index (χ2n) is 6.46. The molecular formula is C16H16N2OS2. The molecule has 2 aliphatic carbocycles. The molecule has 2 aromatic heterocycles. The topological polar surface area (TPSA) is 45.8 Å². The molecule has 0 amide bonds. The fraction of sp³-hybridized carbons (Fsp3) is 0.500. The van der Waals surface area contributed by atoms with Crippen molar-refractivity contribution < 1.29 is 0 Å². The minimum atomic E-state index is 0.0914. The molecule has 3 aliphatic rings. The number of fused-ring (bicyclic) bond motifs is 6. The zero-order valence-electron chi connectivity index (χ0n) is 11.5. The maximum atomic E-state index is 11.9. The van der Waals surface area contributed by atoms with Gasteiger partial charge in [0.05, 0.1) is 5.03 Å². The van der Waals surface area contributed by atoms with Crippen LogP contribution in [0.25, 0.3) is 0 Å². The van der Waals surface area contributed by atoms with Gasteiger partial charge in [-0.25, -0.2) is 0 Å². The molecule has 0 radical (unpaired) electrons. The zero-order chi connectivity index (χ0) is 14.0. The normalized spacial score (nSPS) is 36.5.